The van der Waals surface area contributed by atoms with Gasteiger partial charge in [0, 0.05) is 18.3 Å². The number of nitro groups is 1. The van der Waals surface area contributed by atoms with Crippen molar-refractivity contribution in [1.29, 1.82) is 0 Å². The second-order valence-electron chi connectivity index (χ2n) is 3.99. The maximum absolute atomic E-state index is 12.1. The van der Waals surface area contributed by atoms with E-state index in [4.69, 9.17) is 0 Å². The van der Waals surface area contributed by atoms with Crippen molar-refractivity contribution in [2.45, 2.75) is 11.8 Å². The molecule has 0 fully saturated rings. The van der Waals surface area contributed by atoms with Crippen molar-refractivity contribution >= 4 is 21.4 Å². The van der Waals surface area contributed by atoms with Gasteiger partial charge in [0.2, 0.25) is 0 Å². The predicted octanol–water partition coefficient (Wildman–Crippen LogP) is 2.10. The first-order valence-electron chi connectivity index (χ1n) is 5.59. The fourth-order valence-corrected chi connectivity index (χ4v) is 2.66. The molecule has 0 unspecified atom stereocenters. The highest BCUT2D eigenvalue weighted by Gasteiger charge is 2.16. The zero-order valence-electron chi connectivity index (χ0n) is 10.5. The molecule has 0 saturated carbocycles. The van der Waals surface area contributed by atoms with E-state index in [9.17, 15) is 18.5 Å². The molecule has 0 aliphatic carbocycles. The molecule has 0 aliphatic heterocycles. The van der Waals surface area contributed by atoms with Gasteiger partial charge in [-0.3, -0.25) is 19.8 Å². The summed E-state index contributed by atoms with van der Waals surface area (Å²) in [5.41, 5.74) is 0.741. The summed E-state index contributed by atoms with van der Waals surface area (Å²) in [7, 11) is -3.79. The fourth-order valence-electron chi connectivity index (χ4n) is 1.54. The van der Waals surface area contributed by atoms with Crippen molar-refractivity contribution in [3.63, 3.8) is 0 Å². The van der Waals surface area contributed by atoms with Crippen LogP contribution in [0.25, 0.3) is 0 Å². The molecule has 7 nitrogen and oxygen atoms in total. The van der Waals surface area contributed by atoms with Crippen LogP contribution in [-0.2, 0) is 10.0 Å². The lowest BCUT2D eigenvalue weighted by Gasteiger charge is -2.09. The number of hydrogen-bond donors (Lipinski definition) is 1. The maximum atomic E-state index is 12.1. The molecule has 1 aromatic carbocycles. The van der Waals surface area contributed by atoms with E-state index in [1.54, 1.807) is 25.3 Å². The molecule has 0 aliphatic rings. The van der Waals surface area contributed by atoms with Crippen LogP contribution in [0.3, 0.4) is 0 Å². The van der Waals surface area contributed by atoms with Crippen LogP contribution in [0.5, 0.6) is 0 Å². The second-order valence-corrected chi connectivity index (χ2v) is 5.68. The van der Waals surface area contributed by atoms with Crippen LogP contribution < -0.4 is 4.72 Å². The van der Waals surface area contributed by atoms with Crippen molar-refractivity contribution in [3.8, 4) is 0 Å². The number of aromatic nitrogens is 1. The number of aryl methyl sites for hydroxylation is 1. The van der Waals surface area contributed by atoms with E-state index in [1.165, 1.54) is 12.1 Å². The Hall–Kier alpha value is -2.48. The average molecular weight is 293 g/mol. The fraction of sp³-hybridized carbons (Fsp3) is 0.0833. The van der Waals surface area contributed by atoms with E-state index in [-0.39, 0.29) is 10.6 Å². The van der Waals surface area contributed by atoms with Gasteiger partial charge in [-0.1, -0.05) is 0 Å². The molecule has 1 aromatic heterocycles. The standard InChI is InChI=1S/C12H11N3O4S/c1-9-12(3-2-8-13-9)14-20(18,19)11-6-4-10(5-7-11)15(16)17/h2-8,14H,1H3. The highest BCUT2D eigenvalue weighted by atomic mass is 32.2. The Morgan fingerprint density at radius 1 is 1.20 bits per heavy atom. The number of hydrogen-bond acceptors (Lipinski definition) is 5. The molecular weight excluding hydrogens is 282 g/mol. The van der Waals surface area contributed by atoms with Crippen molar-refractivity contribution in [3.05, 3.63) is 58.4 Å². The largest absolute Gasteiger partial charge is 0.278 e. The Morgan fingerprint density at radius 3 is 2.40 bits per heavy atom. The average Bonchev–Trinajstić information content (AvgIpc) is 2.41. The van der Waals surface area contributed by atoms with Crippen LogP contribution in [0.2, 0.25) is 0 Å². The van der Waals surface area contributed by atoms with Crippen molar-refractivity contribution in [2.24, 2.45) is 0 Å². The quantitative estimate of drug-likeness (QED) is 0.687. The molecular formula is C12H11N3O4S. The number of benzene rings is 1. The minimum atomic E-state index is -3.79. The van der Waals surface area contributed by atoms with Gasteiger partial charge < -0.3 is 0 Å². The summed E-state index contributed by atoms with van der Waals surface area (Å²) in [5.74, 6) is 0. The van der Waals surface area contributed by atoms with Crippen molar-refractivity contribution in [2.75, 3.05) is 4.72 Å². The van der Waals surface area contributed by atoms with E-state index in [1.807, 2.05) is 0 Å². The molecule has 0 radical (unpaired) electrons. The number of nitro benzene ring substituents is 1. The first-order valence-corrected chi connectivity index (χ1v) is 7.07. The van der Waals surface area contributed by atoms with Crippen LogP contribution in [0.4, 0.5) is 11.4 Å². The van der Waals surface area contributed by atoms with E-state index in [0.29, 0.717) is 11.4 Å². The van der Waals surface area contributed by atoms with Crippen LogP contribution in [0.1, 0.15) is 5.69 Å². The lowest BCUT2D eigenvalue weighted by atomic mass is 10.3. The summed E-state index contributed by atoms with van der Waals surface area (Å²) in [6.45, 7) is 1.67. The van der Waals surface area contributed by atoms with Gasteiger partial charge in [0.1, 0.15) is 0 Å². The molecule has 0 spiro atoms. The van der Waals surface area contributed by atoms with Gasteiger partial charge in [-0.05, 0) is 31.2 Å². The maximum Gasteiger partial charge on any atom is 0.269 e. The SMILES string of the molecule is Cc1ncccc1NS(=O)(=O)c1ccc([N+](=O)[O-])cc1. The Morgan fingerprint density at radius 2 is 1.85 bits per heavy atom. The Labute approximate surface area is 115 Å². The van der Waals surface area contributed by atoms with E-state index >= 15 is 0 Å². The molecule has 0 atom stereocenters. The van der Waals surface area contributed by atoms with Gasteiger partial charge in [-0.2, -0.15) is 0 Å². The minimum absolute atomic E-state index is 0.0497. The monoisotopic (exact) mass is 293 g/mol. The molecule has 1 heterocycles. The van der Waals surface area contributed by atoms with Gasteiger partial charge in [0.25, 0.3) is 15.7 Å². The third-order valence-electron chi connectivity index (χ3n) is 2.61. The number of anilines is 1. The normalized spacial score (nSPS) is 11.1. The first kappa shape index (κ1) is 13.9. The van der Waals surface area contributed by atoms with Crippen LogP contribution >= 0.6 is 0 Å². The molecule has 104 valence electrons. The molecule has 2 rings (SSSR count). The molecule has 0 bridgehead atoms. The minimum Gasteiger partial charge on any atom is -0.278 e. The molecule has 2 aromatic rings. The zero-order valence-corrected chi connectivity index (χ0v) is 11.3. The zero-order chi connectivity index (χ0) is 14.8. The number of non-ortho nitro benzene ring substituents is 1. The third kappa shape index (κ3) is 2.91. The molecule has 8 heteroatoms. The summed E-state index contributed by atoms with van der Waals surface area (Å²) in [6, 6.07) is 7.86. The summed E-state index contributed by atoms with van der Waals surface area (Å²) < 4.78 is 26.6. The summed E-state index contributed by atoms with van der Waals surface area (Å²) >= 11 is 0. The molecule has 20 heavy (non-hydrogen) atoms. The number of pyridine rings is 1. The predicted molar refractivity (Wildman–Crippen MR) is 72.9 cm³/mol. The van der Waals surface area contributed by atoms with E-state index < -0.39 is 14.9 Å². The van der Waals surface area contributed by atoms with Crippen molar-refractivity contribution in [1.82, 2.24) is 4.98 Å². The second kappa shape index (κ2) is 5.25. The topological polar surface area (TPSA) is 102 Å². The summed E-state index contributed by atoms with van der Waals surface area (Å²) in [4.78, 5) is 13.9. The highest BCUT2D eigenvalue weighted by Crippen LogP contribution is 2.20. The number of nitrogens with zero attached hydrogens (tertiary/aromatic N) is 2. The Bertz CT molecular complexity index is 742. The lowest BCUT2D eigenvalue weighted by molar-refractivity contribution is -0.384. The Balaban J connectivity index is 2.31. The van der Waals surface area contributed by atoms with Gasteiger partial charge in [0.15, 0.2) is 0 Å². The highest BCUT2D eigenvalue weighted by molar-refractivity contribution is 7.92. The van der Waals surface area contributed by atoms with Crippen LogP contribution in [-0.4, -0.2) is 18.3 Å². The molecule has 1 N–H and O–H groups in total. The number of rotatable bonds is 4. The Kier molecular flexibility index (Phi) is 3.66. The first-order chi connectivity index (χ1) is 9.40. The number of sulfonamides is 1. The van der Waals surface area contributed by atoms with Gasteiger partial charge in [-0.15, -0.1) is 0 Å². The summed E-state index contributed by atoms with van der Waals surface area (Å²) in [5, 5.41) is 10.5. The molecule has 0 amide bonds. The summed E-state index contributed by atoms with van der Waals surface area (Å²) in [6.07, 6.45) is 1.55. The van der Waals surface area contributed by atoms with Gasteiger partial charge in [0.05, 0.1) is 21.2 Å². The van der Waals surface area contributed by atoms with E-state index in [0.717, 1.165) is 12.1 Å². The lowest BCUT2D eigenvalue weighted by Crippen LogP contribution is -2.14. The van der Waals surface area contributed by atoms with Crippen LogP contribution in [0.15, 0.2) is 47.5 Å². The van der Waals surface area contributed by atoms with E-state index in [2.05, 4.69) is 9.71 Å². The van der Waals surface area contributed by atoms with Gasteiger partial charge >= 0.3 is 0 Å². The third-order valence-corrected chi connectivity index (χ3v) is 3.99. The van der Waals surface area contributed by atoms with Crippen LogP contribution in [0, 0.1) is 17.0 Å². The number of nitrogens with one attached hydrogen (secondary N) is 1. The smallest absolute Gasteiger partial charge is 0.269 e. The molecule has 0 saturated heterocycles. The van der Waals surface area contributed by atoms with Crippen molar-refractivity contribution < 1.29 is 13.3 Å². The van der Waals surface area contributed by atoms with Gasteiger partial charge in [-0.25, -0.2) is 8.42 Å².